The molecule has 0 radical (unpaired) electrons. The van der Waals surface area contributed by atoms with Crippen LogP contribution in [0.1, 0.15) is 29.4 Å². The van der Waals surface area contributed by atoms with Crippen LogP contribution in [0.25, 0.3) is 0 Å². The maximum Gasteiger partial charge on any atom is 0.328 e. The maximum absolute atomic E-state index is 12.9. The molecule has 0 saturated carbocycles. The minimum absolute atomic E-state index is 0.241. The van der Waals surface area contributed by atoms with Crippen LogP contribution in [0.2, 0.25) is 0 Å². The van der Waals surface area contributed by atoms with Crippen molar-refractivity contribution >= 4 is 29.1 Å². The molecule has 0 aliphatic rings. The van der Waals surface area contributed by atoms with Gasteiger partial charge in [-0.05, 0) is 37.0 Å². The van der Waals surface area contributed by atoms with Crippen molar-refractivity contribution in [1.82, 2.24) is 4.37 Å². The van der Waals surface area contributed by atoms with Crippen LogP contribution < -0.4 is 4.90 Å². The van der Waals surface area contributed by atoms with Crippen molar-refractivity contribution in [3.63, 3.8) is 0 Å². The number of aromatic nitrogens is 1. The van der Waals surface area contributed by atoms with E-state index in [2.05, 4.69) is 4.37 Å². The molecule has 2 aromatic rings. The van der Waals surface area contributed by atoms with Crippen LogP contribution in [0.3, 0.4) is 0 Å². The van der Waals surface area contributed by atoms with E-state index in [-0.39, 0.29) is 5.91 Å². The first-order valence-electron chi connectivity index (χ1n) is 6.97. The molecule has 0 unspecified atom stereocenters. The molecular formula is C16H18N2O3S. The lowest BCUT2D eigenvalue weighted by Gasteiger charge is -2.29. The summed E-state index contributed by atoms with van der Waals surface area (Å²) in [6.07, 6.45) is 0.462. The van der Waals surface area contributed by atoms with E-state index in [4.69, 9.17) is 4.74 Å². The number of ether oxygens (including phenoxy) is 1. The van der Waals surface area contributed by atoms with E-state index < -0.39 is 12.0 Å². The quantitative estimate of drug-likeness (QED) is 0.795. The van der Waals surface area contributed by atoms with E-state index in [1.165, 1.54) is 23.5 Å². The lowest BCUT2D eigenvalue weighted by molar-refractivity contribution is -0.142. The first kappa shape index (κ1) is 16.2. The topological polar surface area (TPSA) is 59.5 Å². The molecule has 1 atom stereocenters. The number of amides is 1. The van der Waals surface area contributed by atoms with Crippen molar-refractivity contribution in [3.05, 3.63) is 47.0 Å². The summed E-state index contributed by atoms with van der Waals surface area (Å²) in [7, 11) is 1.33. The van der Waals surface area contributed by atoms with Gasteiger partial charge in [-0.1, -0.05) is 25.1 Å². The molecule has 22 heavy (non-hydrogen) atoms. The molecule has 0 fully saturated rings. The highest BCUT2D eigenvalue weighted by atomic mass is 32.1. The van der Waals surface area contributed by atoms with Gasteiger partial charge in [0.2, 0.25) is 0 Å². The summed E-state index contributed by atoms with van der Waals surface area (Å²) in [6, 6.07) is 8.47. The lowest BCUT2D eigenvalue weighted by Crippen LogP contribution is -2.45. The molecule has 0 N–H and O–H groups in total. The van der Waals surface area contributed by atoms with Gasteiger partial charge in [-0.2, -0.15) is 4.37 Å². The number of carbonyl (C=O) groups is 2. The zero-order chi connectivity index (χ0) is 16.1. The number of anilines is 1. The number of hydrogen-bond acceptors (Lipinski definition) is 5. The van der Waals surface area contributed by atoms with Crippen molar-refractivity contribution in [2.75, 3.05) is 12.0 Å². The van der Waals surface area contributed by atoms with Crippen molar-refractivity contribution in [2.24, 2.45) is 0 Å². The minimum atomic E-state index is -0.667. The zero-order valence-electron chi connectivity index (χ0n) is 12.8. The smallest absolute Gasteiger partial charge is 0.328 e. The van der Waals surface area contributed by atoms with Crippen molar-refractivity contribution in [2.45, 2.75) is 26.3 Å². The average Bonchev–Trinajstić information content (AvgIpc) is 2.98. The third-order valence-electron chi connectivity index (χ3n) is 3.41. The summed E-state index contributed by atoms with van der Waals surface area (Å²) < 4.78 is 9.00. The predicted molar refractivity (Wildman–Crippen MR) is 86.2 cm³/mol. The highest BCUT2D eigenvalue weighted by molar-refractivity contribution is 7.04. The van der Waals surface area contributed by atoms with E-state index in [1.54, 1.807) is 24.4 Å². The summed E-state index contributed by atoms with van der Waals surface area (Å²) in [5.41, 5.74) is 1.84. The van der Waals surface area contributed by atoms with Crippen LogP contribution >= 0.6 is 11.5 Å². The lowest BCUT2D eigenvalue weighted by atomic mass is 10.1. The number of esters is 1. The van der Waals surface area contributed by atoms with Gasteiger partial charge in [0, 0.05) is 11.1 Å². The fourth-order valence-electron chi connectivity index (χ4n) is 2.25. The van der Waals surface area contributed by atoms with Gasteiger partial charge in [0.15, 0.2) is 0 Å². The normalized spacial score (nSPS) is 11.8. The third kappa shape index (κ3) is 3.17. The van der Waals surface area contributed by atoms with Gasteiger partial charge < -0.3 is 4.74 Å². The van der Waals surface area contributed by atoms with E-state index in [1.807, 2.05) is 25.1 Å². The SMILES string of the molecule is CC[C@H](C(=O)OC)N(C(=O)c1csnc1C)c1ccccc1. The van der Waals surface area contributed by atoms with Gasteiger partial charge >= 0.3 is 5.97 Å². The molecule has 1 aromatic heterocycles. The molecule has 0 spiro atoms. The van der Waals surface area contributed by atoms with Gasteiger partial charge in [0.25, 0.3) is 5.91 Å². The molecule has 6 heteroatoms. The Morgan fingerprint density at radius 2 is 2.00 bits per heavy atom. The molecule has 0 bridgehead atoms. The van der Waals surface area contributed by atoms with Crippen LogP contribution in [0.4, 0.5) is 5.69 Å². The number of carbonyl (C=O) groups excluding carboxylic acids is 2. The van der Waals surface area contributed by atoms with Crippen molar-refractivity contribution < 1.29 is 14.3 Å². The summed E-state index contributed by atoms with van der Waals surface area (Å²) in [6.45, 7) is 3.63. The largest absolute Gasteiger partial charge is 0.467 e. The molecule has 1 heterocycles. The molecule has 0 aliphatic carbocycles. The number of aryl methyl sites for hydroxylation is 1. The first-order chi connectivity index (χ1) is 10.6. The Bertz CT molecular complexity index is 654. The van der Waals surface area contributed by atoms with Crippen molar-refractivity contribution in [1.29, 1.82) is 0 Å². The van der Waals surface area contributed by atoms with Gasteiger partial charge in [-0.25, -0.2) is 4.79 Å². The second-order valence-electron chi connectivity index (χ2n) is 4.77. The summed E-state index contributed by atoms with van der Waals surface area (Å²) >= 11 is 1.23. The molecule has 5 nitrogen and oxygen atoms in total. The van der Waals surface area contributed by atoms with Crippen LogP contribution in [0, 0.1) is 6.92 Å². The van der Waals surface area contributed by atoms with E-state index in [0.717, 1.165) is 0 Å². The molecule has 2 rings (SSSR count). The molecule has 116 valence electrons. The Labute approximate surface area is 133 Å². The summed E-state index contributed by atoms with van der Waals surface area (Å²) in [5, 5.41) is 1.71. The van der Waals surface area contributed by atoms with Crippen LogP contribution in [-0.4, -0.2) is 29.4 Å². The van der Waals surface area contributed by atoms with Gasteiger partial charge in [-0.3, -0.25) is 9.69 Å². The molecule has 1 aromatic carbocycles. The minimum Gasteiger partial charge on any atom is -0.467 e. The molecule has 1 amide bonds. The molecule has 0 aliphatic heterocycles. The number of para-hydroxylation sites is 1. The summed E-state index contributed by atoms with van der Waals surface area (Å²) in [4.78, 5) is 26.5. The monoisotopic (exact) mass is 318 g/mol. The standard InChI is InChI=1S/C16H18N2O3S/c1-4-14(16(20)21-3)18(12-8-6-5-7-9-12)15(19)13-10-22-17-11(13)2/h5-10,14H,4H2,1-3H3/t14-/m1/s1. The highest BCUT2D eigenvalue weighted by Gasteiger charge is 2.32. The average molecular weight is 318 g/mol. The van der Waals surface area contributed by atoms with Gasteiger partial charge in [0.1, 0.15) is 6.04 Å². The van der Waals surface area contributed by atoms with Crippen molar-refractivity contribution in [3.8, 4) is 0 Å². The maximum atomic E-state index is 12.9. The van der Waals surface area contributed by atoms with Crippen LogP contribution in [0.5, 0.6) is 0 Å². The Morgan fingerprint density at radius 3 is 2.50 bits per heavy atom. The molecule has 0 saturated heterocycles. The number of rotatable bonds is 5. The Balaban J connectivity index is 2.48. The van der Waals surface area contributed by atoms with Gasteiger partial charge in [-0.15, -0.1) is 0 Å². The van der Waals surface area contributed by atoms with E-state index in [0.29, 0.717) is 23.4 Å². The first-order valence-corrected chi connectivity index (χ1v) is 7.81. The Kier molecular flexibility index (Phi) is 5.27. The zero-order valence-corrected chi connectivity index (χ0v) is 13.6. The number of nitrogens with zero attached hydrogens (tertiary/aromatic N) is 2. The van der Waals surface area contributed by atoms with E-state index in [9.17, 15) is 9.59 Å². The summed E-state index contributed by atoms with van der Waals surface area (Å²) in [5.74, 6) is -0.671. The second kappa shape index (κ2) is 7.17. The van der Waals surface area contributed by atoms with E-state index >= 15 is 0 Å². The van der Waals surface area contributed by atoms with Crippen LogP contribution in [-0.2, 0) is 9.53 Å². The number of methoxy groups -OCH3 is 1. The third-order valence-corrected chi connectivity index (χ3v) is 4.13. The number of benzene rings is 1. The molecular weight excluding hydrogens is 300 g/mol. The van der Waals surface area contributed by atoms with Gasteiger partial charge in [0.05, 0.1) is 18.4 Å². The Hall–Kier alpha value is -2.21. The Morgan fingerprint density at radius 1 is 1.32 bits per heavy atom. The van der Waals surface area contributed by atoms with Crippen LogP contribution in [0.15, 0.2) is 35.7 Å². The predicted octanol–water partition coefficient (Wildman–Crippen LogP) is 3.05. The highest BCUT2D eigenvalue weighted by Crippen LogP contribution is 2.24. The fraction of sp³-hybridized carbons (Fsp3) is 0.312. The number of hydrogen-bond donors (Lipinski definition) is 0. The second-order valence-corrected chi connectivity index (χ2v) is 5.40. The fourth-order valence-corrected chi connectivity index (χ4v) is 2.93.